The molecule has 4 aromatic carbocycles. The standard InChI is InChI=1S/C44H47ClN4O9/c45-20-18-35(29-4-10-32(50)11-5-29)42(30-6-12-33(51)13-7-30)31-8-14-34(15-9-31)58-25-22-47-40(52)19-23-56-26-27-57-24-21-46-38-3-1-2-36-37(38)28-49(44(36)55)39-16-17-41(53)48-43(39)54/h1-15,39,46,50-51H,16-28H2,(H,47,52)(H,48,53,54). The molecular weight excluding hydrogens is 764 g/mol. The van der Waals surface area contributed by atoms with Gasteiger partial charge in [0.1, 0.15) is 29.9 Å². The molecule has 1 unspecified atom stereocenters. The quantitative estimate of drug-likeness (QED) is 0.0333. The average Bonchev–Trinajstić information content (AvgIpc) is 3.56. The average molecular weight is 811 g/mol. The lowest BCUT2D eigenvalue weighted by atomic mass is 9.88. The van der Waals surface area contributed by atoms with Crippen LogP contribution in [0.25, 0.3) is 11.1 Å². The van der Waals surface area contributed by atoms with Crippen LogP contribution in [-0.4, -0.2) is 96.8 Å². The van der Waals surface area contributed by atoms with Crippen LogP contribution >= 0.6 is 11.6 Å². The summed E-state index contributed by atoms with van der Waals surface area (Å²) in [5.41, 5.74) is 6.86. The number of amides is 4. The molecule has 304 valence electrons. The zero-order valence-corrected chi connectivity index (χ0v) is 32.8. The van der Waals surface area contributed by atoms with Gasteiger partial charge in [-0.25, -0.2) is 0 Å². The number of nitrogens with one attached hydrogen (secondary N) is 3. The monoisotopic (exact) mass is 810 g/mol. The van der Waals surface area contributed by atoms with E-state index in [0.29, 0.717) is 62.9 Å². The molecule has 14 heteroatoms. The number of halogens is 1. The first-order valence-corrected chi connectivity index (χ1v) is 19.8. The molecule has 1 fully saturated rings. The number of nitrogens with zero attached hydrogens (tertiary/aromatic N) is 1. The van der Waals surface area contributed by atoms with E-state index in [2.05, 4.69) is 16.0 Å². The first-order chi connectivity index (χ1) is 28.2. The number of rotatable bonds is 20. The van der Waals surface area contributed by atoms with Gasteiger partial charge in [0, 0.05) is 48.6 Å². The van der Waals surface area contributed by atoms with E-state index in [9.17, 15) is 29.4 Å². The van der Waals surface area contributed by atoms with Crippen molar-refractivity contribution in [1.29, 1.82) is 0 Å². The number of hydrogen-bond acceptors (Lipinski definition) is 10. The van der Waals surface area contributed by atoms with Crippen molar-refractivity contribution in [2.45, 2.75) is 38.3 Å². The predicted molar refractivity (Wildman–Crippen MR) is 220 cm³/mol. The second-order valence-electron chi connectivity index (χ2n) is 13.7. The summed E-state index contributed by atoms with van der Waals surface area (Å²) in [7, 11) is 0. The summed E-state index contributed by atoms with van der Waals surface area (Å²) in [6, 6.07) is 26.4. The maximum atomic E-state index is 13.0. The first kappa shape index (κ1) is 41.7. The SMILES string of the molecule is O=C(CCOCCOCCNc1cccc2c1CN(C1CCC(=O)NC1=O)C2=O)NCCOc1ccc(C(=C(CCCl)c2ccc(O)cc2)c2ccc(O)cc2)cc1. The second-order valence-corrected chi connectivity index (χ2v) is 14.1. The summed E-state index contributed by atoms with van der Waals surface area (Å²) in [5.74, 6) is 0.246. The Balaban J connectivity index is 0.867. The topological polar surface area (TPSA) is 176 Å². The van der Waals surface area contributed by atoms with Gasteiger partial charge < -0.3 is 40.0 Å². The molecule has 2 aliphatic rings. The van der Waals surface area contributed by atoms with Gasteiger partial charge in [-0.2, -0.15) is 0 Å². The van der Waals surface area contributed by atoms with E-state index in [0.717, 1.165) is 39.1 Å². The number of anilines is 1. The number of alkyl halides is 1. The van der Waals surface area contributed by atoms with Crippen molar-refractivity contribution in [3.8, 4) is 17.2 Å². The molecule has 5 N–H and O–H groups in total. The van der Waals surface area contributed by atoms with Crippen LogP contribution in [0.1, 0.15) is 58.3 Å². The molecule has 1 saturated heterocycles. The molecule has 4 amide bonds. The van der Waals surface area contributed by atoms with Gasteiger partial charge in [0.25, 0.3) is 5.91 Å². The highest BCUT2D eigenvalue weighted by Gasteiger charge is 2.39. The van der Waals surface area contributed by atoms with Crippen molar-refractivity contribution in [3.63, 3.8) is 0 Å². The van der Waals surface area contributed by atoms with Crippen LogP contribution in [0.5, 0.6) is 17.2 Å². The van der Waals surface area contributed by atoms with Crippen molar-refractivity contribution < 1.29 is 43.6 Å². The maximum Gasteiger partial charge on any atom is 0.255 e. The fraction of sp³-hybridized carbons (Fsp3) is 0.318. The van der Waals surface area contributed by atoms with Crippen LogP contribution < -0.4 is 20.7 Å². The van der Waals surface area contributed by atoms with Crippen LogP contribution in [0.2, 0.25) is 0 Å². The Labute approximate surface area is 341 Å². The molecule has 58 heavy (non-hydrogen) atoms. The largest absolute Gasteiger partial charge is 0.508 e. The third kappa shape index (κ3) is 10.9. The van der Waals surface area contributed by atoms with Crippen molar-refractivity contribution in [1.82, 2.24) is 15.5 Å². The summed E-state index contributed by atoms with van der Waals surface area (Å²) < 4.78 is 17.1. The Morgan fingerprint density at radius 1 is 0.776 bits per heavy atom. The molecule has 0 bridgehead atoms. The zero-order chi connectivity index (χ0) is 40.9. The van der Waals surface area contributed by atoms with Crippen molar-refractivity contribution in [2.24, 2.45) is 0 Å². The molecule has 6 rings (SSSR count). The second kappa shape index (κ2) is 20.5. The number of benzene rings is 4. The zero-order valence-electron chi connectivity index (χ0n) is 32.0. The summed E-state index contributed by atoms with van der Waals surface area (Å²) in [4.78, 5) is 50.8. The predicted octanol–water partition coefficient (Wildman–Crippen LogP) is 5.48. The number of carbonyl (C=O) groups excluding carboxylic acids is 4. The number of phenols is 2. The molecule has 1 atom stereocenters. The summed E-state index contributed by atoms with van der Waals surface area (Å²) in [5, 5.41) is 28.2. The van der Waals surface area contributed by atoms with Gasteiger partial charge in [0.15, 0.2) is 0 Å². The molecular formula is C44H47ClN4O9. The summed E-state index contributed by atoms with van der Waals surface area (Å²) >= 11 is 6.25. The Kier molecular flexibility index (Phi) is 14.8. The van der Waals surface area contributed by atoms with E-state index in [1.807, 2.05) is 54.6 Å². The van der Waals surface area contributed by atoms with E-state index in [4.69, 9.17) is 25.8 Å². The van der Waals surface area contributed by atoms with Gasteiger partial charge in [-0.3, -0.25) is 24.5 Å². The minimum absolute atomic E-state index is 0.154. The van der Waals surface area contributed by atoms with E-state index in [1.165, 1.54) is 4.90 Å². The number of piperidine rings is 1. The van der Waals surface area contributed by atoms with E-state index >= 15 is 0 Å². The molecule has 0 spiro atoms. The highest BCUT2D eigenvalue weighted by Crippen LogP contribution is 2.37. The van der Waals surface area contributed by atoms with E-state index in [1.54, 1.807) is 36.4 Å². The minimum atomic E-state index is -0.665. The smallest absolute Gasteiger partial charge is 0.255 e. The Hall–Kier alpha value is -5.89. The Morgan fingerprint density at radius 3 is 2.10 bits per heavy atom. The van der Waals surface area contributed by atoms with E-state index < -0.39 is 11.9 Å². The molecule has 4 aromatic rings. The van der Waals surface area contributed by atoms with Crippen molar-refractivity contribution in [3.05, 3.63) is 119 Å². The molecule has 2 heterocycles. The van der Waals surface area contributed by atoms with Crippen LogP contribution in [0, 0.1) is 0 Å². The Bertz CT molecular complexity index is 2090. The molecule has 0 radical (unpaired) electrons. The number of allylic oxidation sites excluding steroid dienone is 1. The van der Waals surface area contributed by atoms with Gasteiger partial charge in [-0.05, 0) is 89.2 Å². The fourth-order valence-corrected chi connectivity index (χ4v) is 7.16. The van der Waals surface area contributed by atoms with Crippen LogP contribution in [-0.2, 0) is 30.4 Å². The number of fused-ring (bicyclic) bond motifs is 1. The van der Waals surface area contributed by atoms with E-state index in [-0.39, 0.29) is 61.8 Å². The summed E-state index contributed by atoms with van der Waals surface area (Å²) in [6.07, 6.45) is 1.29. The van der Waals surface area contributed by atoms with Gasteiger partial charge in [-0.15, -0.1) is 11.6 Å². The van der Waals surface area contributed by atoms with Gasteiger partial charge in [0.05, 0.1) is 33.0 Å². The number of imide groups is 1. The van der Waals surface area contributed by atoms with Crippen molar-refractivity contribution in [2.75, 3.05) is 57.3 Å². The normalized spacial score (nSPS) is 15.4. The molecule has 2 aliphatic heterocycles. The number of carbonyl (C=O) groups is 4. The number of ether oxygens (including phenoxy) is 3. The van der Waals surface area contributed by atoms with Crippen LogP contribution in [0.3, 0.4) is 0 Å². The Morgan fingerprint density at radius 2 is 1.43 bits per heavy atom. The highest BCUT2D eigenvalue weighted by atomic mass is 35.5. The van der Waals surface area contributed by atoms with Gasteiger partial charge in [-0.1, -0.05) is 42.5 Å². The number of aromatic hydroxyl groups is 2. The first-order valence-electron chi connectivity index (χ1n) is 19.3. The molecule has 13 nitrogen and oxygen atoms in total. The number of phenolic OH excluding ortho intramolecular Hbond substituents is 2. The lowest BCUT2D eigenvalue weighted by Gasteiger charge is -2.29. The number of hydrogen-bond donors (Lipinski definition) is 5. The minimum Gasteiger partial charge on any atom is -0.508 e. The molecule has 0 saturated carbocycles. The lowest BCUT2D eigenvalue weighted by molar-refractivity contribution is -0.137. The van der Waals surface area contributed by atoms with Crippen LogP contribution in [0.4, 0.5) is 5.69 Å². The fourth-order valence-electron chi connectivity index (χ4n) is 6.98. The van der Waals surface area contributed by atoms with Crippen LogP contribution in [0.15, 0.2) is 91.0 Å². The third-order valence-electron chi connectivity index (χ3n) is 9.84. The van der Waals surface area contributed by atoms with Crippen molar-refractivity contribution >= 4 is 52.1 Å². The molecule has 0 aromatic heterocycles. The highest BCUT2D eigenvalue weighted by molar-refractivity contribution is 6.18. The lowest BCUT2D eigenvalue weighted by Crippen LogP contribution is -2.52. The van der Waals surface area contributed by atoms with Gasteiger partial charge in [0.2, 0.25) is 17.7 Å². The molecule has 0 aliphatic carbocycles. The van der Waals surface area contributed by atoms with Gasteiger partial charge >= 0.3 is 0 Å². The maximum absolute atomic E-state index is 13.0. The summed E-state index contributed by atoms with van der Waals surface area (Å²) in [6.45, 7) is 2.70. The third-order valence-corrected chi connectivity index (χ3v) is 10.0.